The van der Waals surface area contributed by atoms with Gasteiger partial charge in [-0.05, 0) is 81.1 Å². The fourth-order valence-corrected chi connectivity index (χ4v) is 4.57. The smallest absolute Gasteiger partial charge is 0.126 e. The molecule has 1 aliphatic carbocycles. The van der Waals surface area contributed by atoms with Gasteiger partial charge >= 0.3 is 0 Å². The van der Waals surface area contributed by atoms with Crippen molar-refractivity contribution in [1.29, 1.82) is 0 Å². The van der Waals surface area contributed by atoms with Gasteiger partial charge in [0.05, 0.1) is 15.7 Å². The summed E-state index contributed by atoms with van der Waals surface area (Å²) in [7, 11) is -1.38. The second-order valence-electron chi connectivity index (χ2n) is 7.41. The van der Waals surface area contributed by atoms with Crippen molar-refractivity contribution in [1.82, 2.24) is 5.32 Å². The van der Waals surface area contributed by atoms with Gasteiger partial charge in [-0.15, -0.1) is 0 Å². The van der Waals surface area contributed by atoms with Crippen molar-refractivity contribution < 1.29 is 8.60 Å². The van der Waals surface area contributed by atoms with Crippen LogP contribution in [0.4, 0.5) is 4.39 Å². The van der Waals surface area contributed by atoms with Crippen LogP contribution in [-0.4, -0.2) is 22.0 Å². The number of benzene rings is 1. The lowest BCUT2D eigenvalue weighted by Crippen LogP contribution is -2.43. The third-order valence-corrected chi connectivity index (χ3v) is 6.89. The highest BCUT2D eigenvalue weighted by atomic mass is 32.2. The van der Waals surface area contributed by atoms with Gasteiger partial charge < -0.3 is 5.32 Å². The minimum absolute atomic E-state index is 0.0897. The Morgan fingerprint density at radius 3 is 2.73 bits per heavy atom. The van der Waals surface area contributed by atoms with Crippen molar-refractivity contribution in [3.05, 3.63) is 35.1 Å². The van der Waals surface area contributed by atoms with Crippen LogP contribution in [0.5, 0.6) is 0 Å². The van der Waals surface area contributed by atoms with Crippen LogP contribution in [0.25, 0.3) is 0 Å². The zero-order chi connectivity index (χ0) is 16.0. The molecule has 1 heterocycles. The lowest BCUT2D eigenvalue weighted by atomic mass is 9.67. The van der Waals surface area contributed by atoms with E-state index in [-0.39, 0.29) is 17.2 Å². The van der Waals surface area contributed by atoms with Crippen LogP contribution in [0, 0.1) is 11.2 Å². The van der Waals surface area contributed by atoms with E-state index in [1.165, 1.54) is 0 Å². The summed E-state index contributed by atoms with van der Waals surface area (Å²) in [4.78, 5) is 0. The second kappa shape index (κ2) is 5.69. The molecule has 122 valence electrons. The number of halogens is 1. The molecule has 2 atom stereocenters. The van der Waals surface area contributed by atoms with E-state index in [1.807, 2.05) is 13.8 Å². The molecule has 3 rings (SSSR count). The fourth-order valence-electron chi connectivity index (χ4n) is 4.24. The van der Waals surface area contributed by atoms with E-state index in [9.17, 15) is 8.60 Å². The van der Waals surface area contributed by atoms with Crippen LogP contribution in [-0.2, 0) is 17.4 Å². The molecule has 0 amide bonds. The Balaban J connectivity index is 2.02. The van der Waals surface area contributed by atoms with E-state index in [1.54, 1.807) is 12.1 Å². The summed E-state index contributed by atoms with van der Waals surface area (Å²) in [5.74, 6) is 0.146. The maximum atomic E-state index is 14.3. The minimum Gasteiger partial charge on any atom is -0.317 e. The van der Waals surface area contributed by atoms with Gasteiger partial charge in [-0.2, -0.15) is 0 Å². The summed E-state index contributed by atoms with van der Waals surface area (Å²) in [5.41, 5.74) is 2.07. The highest BCUT2D eigenvalue weighted by Gasteiger charge is 2.49. The Labute approximate surface area is 134 Å². The maximum Gasteiger partial charge on any atom is 0.126 e. The lowest BCUT2D eigenvalue weighted by Gasteiger charge is -2.42. The first-order valence-electron chi connectivity index (χ1n) is 8.00. The fraction of sp³-hybridized carbons (Fsp3) is 0.647. The first-order valence-corrected chi connectivity index (χ1v) is 9.21. The van der Waals surface area contributed by atoms with E-state index < -0.39 is 15.7 Å². The normalized spacial score (nSPS) is 25.2. The summed E-state index contributed by atoms with van der Waals surface area (Å²) in [5, 5.41) is 9.11. The van der Waals surface area contributed by atoms with Gasteiger partial charge in [0, 0.05) is 0 Å². The Hall–Kier alpha value is -0.780. The van der Waals surface area contributed by atoms with Crippen LogP contribution >= 0.6 is 0 Å². The second-order valence-corrected chi connectivity index (χ2v) is 9.11. The van der Waals surface area contributed by atoms with Gasteiger partial charge in [-0.1, -0.05) is 12.1 Å². The topological polar surface area (TPSA) is 55.1 Å². The van der Waals surface area contributed by atoms with Gasteiger partial charge in [0.1, 0.15) is 5.82 Å². The highest BCUT2D eigenvalue weighted by Crippen LogP contribution is 2.56. The number of fused-ring (bicyclic) bond motifs is 1. The Kier molecular flexibility index (Phi) is 4.16. The van der Waals surface area contributed by atoms with E-state index in [0.717, 1.165) is 49.9 Å². The van der Waals surface area contributed by atoms with Crippen molar-refractivity contribution in [2.24, 2.45) is 10.6 Å². The quantitative estimate of drug-likeness (QED) is 0.898. The predicted octanol–water partition coefficient (Wildman–Crippen LogP) is 2.63. The lowest BCUT2D eigenvalue weighted by molar-refractivity contribution is 0.158. The van der Waals surface area contributed by atoms with Crippen molar-refractivity contribution in [3.63, 3.8) is 0 Å². The zero-order valence-corrected chi connectivity index (χ0v) is 14.1. The molecule has 22 heavy (non-hydrogen) atoms. The van der Waals surface area contributed by atoms with E-state index in [0.29, 0.717) is 0 Å². The van der Waals surface area contributed by atoms with Crippen LogP contribution in [0.3, 0.4) is 0 Å². The highest BCUT2D eigenvalue weighted by molar-refractivity contribution is 7.84. The van der Waals surface area contributed by atoms with Crippen LogP contribution in [0.1, 0.15) is 50.2 Å². The van der Waals surface area contributed by atoms with Gasteiger partial charge in [-0.3, -0.25) is 5.14 Å². The standard InChI is InChI=1S/C17H25FN2OS/c1-16(2,22(19)21)11-14-12-4-3-5-15(18)13(12)10-17(14)6-8-20-9-7-17/h3-5,14,20H,6-11,19H2,1-2H3/t14-,22?/m1/s1. The third kappa shape index (κ3) is 2.63. The number of nitrogens with two attached hydrogens (primary N) is 1. The molecule has 2 aliphatic rings. The molecule has 1 saturated heterocycles. The van der Waals surface area contributed by atoms with E-state index in [2.05, 4.69) is 11.4 Å². The molecule has 0 saturated carbocycles. The predicted molar refractivity (Wildman–Crippen MR) is 88.4 cm³/mol. The molecule has 1 fully saturated rings. The van der Waals surface area contributed by atoms with Gasteiger partial charge in [0.2, 0.25) is 0 Å². The molecular weight excluding hydrogens is 299 g/mol. The zero-order valence-electron chi connectivity index (χ0n) is 13.3. The van der Waals surface area contributed by atoms with Gasteiger partial charge in [0.25, 0.3) is 0 Å². The third-order valence-electron chi connectivity index (χ3n) is 5.64. The molecule has 3 nitrogen and oxygen atoms in total. The summed E-state index contributed by atoms with van der Waals surface area (Å²) in [6.07, 6.45) is 3.62. The Morgan fingerprint density at radius 1 is 1.41 bits per heavy atom. The summed E-state index contributed by atoms with van der Waals surface area (Å²) in [6.45, 7) is 5.85. The van der Waals surface area contributed by atoms with Gasteiger partial charge in [0.15, 0.2) is 0 Å². The van der Waals surface area contributed by atoms with Gasteiger partial charge in [-0.25, -0.2) is 8.60 Å². The molecule has 1 spiro atoms. The molecule has 0 radical (unpaired) electrons. The average molecular weight is 324 g/mol. The van der Waals surface area contributed by atoms with Crippen molar-refractivity contribution in [2.45, 2.75) is 50.2 Å². The summed E-state index contributed by atoms with van der Waals surface area (Å²) < 4.78 is 25.7. The summed E-state index contributed by atoms with van der Waals surface area (Å²) >= 11 is 0. The minimum atomic E-state index is -1.38. The number of hydrogen-bond donors (Lipinski definition) is 2. The number of hydrogen-bond acceptors (Lipinski definition) is 2. The number of nitrogens with one attached hydrogen (secondary N) is 1. The largest absolute Gasteiger partial charge is 0.317 e. The number of rotatable bonds is 3. The first kappa shape index (κ1) is 16.1. The molecule has 1 aromatic rings. The average Bonchev–Trinajstić information content (AvgIpc) is 2.75. The van der Waals surface area contributed by atoms with Crippen LogP contribution < -0.4 is 10.5 Å². The SMILES string of the molecule is CC(C)(C[C@@H]1c2cccc(F)c2CC12CCNCC2)S(N)=O. The van der Waals surface area contributed by atoms with Crippen LogP contribution in [0.2, 0.25) is 0 Å². The molecule has 1 aromatic carbocycles. The molecule has 0 aromatic heterocycles. The van der Waals surface area contributed by atoms with E-state index in [4.69, 9.17) is 5.14 Å². The molecular formula is C17H25FN2OS. The molecule has 1 unspecified atom stereocenters. The monoisotopic (exact) mass is 324 g/mol. The first-order chi connectivity index (χ1) is 10.4. The number of piperidine rings is 1. The Morgan fingerprint density at radius 2 is 2.09 bits per heavy atom. The molecule has 3 N–H and O–H groups in total. The molecule has 1 aliphatic heterocycles. The van der Waals surface area contributed by atoms with E-state index >= 15 is 0 Å². The van der Waals surface area contributed by atoms with Crippen molar-refractivity contribution >= 4 is 11.0 Å². The molecule has 5 heteroatoms. The summed E-state index contributed by atoms with van der Waals surface area (Å²) in [6, 6.07) is 5.41. The van der Waals surface area contributed by atoms with Crippen LogP contribution in [0.15, 0.2) is 18.2 Å². The Bertz CT molecular complexity index is 596. The van der Waals surface area contributed by atoms with Crippen molar-refractivity contribution in [3.8, 4) is 0 Å². The van der Waals surface area contributed by atoms with Crippen molar-refractivity contribution in [2.75, 3.05) is 13.1 Å². The molecule has 0 bridgehead atoms. The maximum absolute atomic E-state index is 14.3.